The molecule has 1 aliphatic heterocycles. The summed E-state index contributed by atoms with van der Waals surface area (Å²) in [5.74, 6) is 1.85. The fraction of sp³-hybridized carbons (Fsp3) is 0.333. The van der Waals surface area contributed by atoms with Crippen LogP contribution in [-0.4, -0.2) is 6.79 Å². The van der Waals surface area contributed by atoms with E-state index in [1.165, 1.54) is 5.57 Å². The van der Waals surface area contributed by atoms with Crippen LogP contribution in [0, 0.1) is 0 Å². The third kappa shape index (κ3) is 1.16. The van der Waals surface area contributed by atoms with Crippen LogP contribution in [0.2, 0.25) is 0 Å². The first-order chi connectivity index (χ1) is 5.36. The third-order valence-electron chi connectivity index (χ3n) is 1.77. The van der Waals surface area contributed by atoms with Crippen LogP contribution in [-0.2, 0) is 9.47 Å². The molecule has 1 aliphatic carbocycles. The lowest BCUT2D eigenvalue weighted by Gasteiger charge is -1.93. The number of allylic oxidation sites excluding steroid dienone is 4. The molecule has 0 radical (unpaired) electrons. The minimum atomic E-state index is 0.377. The molecule has 0 aromatic heterocycles. The van der Waals surface area contributed by atoms with Crippen molar-refractivity contribution in [3.8, 4) is 0 Å². The van der Waals surface area contributed by atoms with Gasteiger partial charge in [-0.2, -0.15) is 0 Å². The molecule has 2 heteroatoms. The SMILES string of the molecule is CC1=CC2=C(CC=C1)OCO2. The average molecular weight is 150 g/mol. The van der Waals surface area contributed by atoms with E-state index in [0.29, 0.717) is 6.79 Å². The van der Waals surface area contributed by atoms with E-state index in [0.717, 1.165) is 17.9 Å². The Morgan fingerprint density at radius 3 is 3.18 bits per heavy atom. The maximum absolute atomic E-state index is 5.25. The van der Waals surface area contributed by atoms with Gasteiger partial charge in [0.1, 0.15) is 5.76 Å². The molecule has 2 nitrogen and oxygen atoms in total. The summed E-state index contributed by atoms with van der Waals surface area (Å²) >= 11 is 0. The Morgan fingerprint density at radius 2 is 2.27 bits per heavy atom. The summed E-state index contributed by atoms with van der Waals surface area (Å²) in [5.41, 5.74) is 1.21. The van der Waals surface area contributed by atoms with Crippen molar-refractivity contribution in [2.75, 3.05) is 6.79 Å². The Balaban J connectivity index is 2.34. The van der Waals surface area contributed by atoms with Gasteiger partial charge in [0.05, 0.1) is 0 Å². The number of hydrogen-bond donors (Lipinski definition) is 0. The van der Waals surface area contributed by atoms with Gasteiger partial charge in [-0.05, 0) is 18.6 Å². The summed E-state index contributed by atoms with van der Waals surface area (Å²) in [6.45, 7) is 2.43. The zero-order valence-corrected chi connectivity index (χ0v) is 6.46. The van der Waals surface area contributed by atoms with E-state index >= 15 is 0 Å². The highest BCUT2D eigenvalue weighted by molar-refractivity contribution is 5.32. The van der Waals surface area contributed by atoms with Crippen LogP contribution in [0.15, 0.2) is 35.3 Å². The van der Waals surface area contributed by atoms with E-state index in [1.807, 2.05) is 13.0 Å². The van der Waals surface area contributed by atoms with Crippen molar-refractivity contribution >= 4 is 0 Å². The van der Waals surface area contributed by atoms with Gasteiger partial charge in [0.2, 0.25) is 6.79 Å². The molecular weight excluding hydrogens is 140 g/mol. The van der Waals surface area contributed by atoms with Crippen molar-refractivity contribution in [3.05, 3.63) is 35.3 Å². The predicted molar refractivity (Wildman–Crippen MR) is 41.6 cm³/mol. The molecule has 1 heterocycles. The Kier molecular flexibility index (Phi) is 1.46. The van der Waals surface area contributed by atoms with Gasteiger partial charge in [-0.25, -0.2) is 0 Å². The van der Waals surface area contributed by atoms with Crippen LogP contribution in [0.3, 0.4) is 0 Å². The number of hydrogen-bond acceptors (Lipinski definition) is 2. The monoisotopic (exact) mass is 150 g/mol. The highest BCUT2D eigenvalue weighted by Crippen LogP contribution is 2.24. The molecule has 0 aromatic rings. The Labute approximate surface area is 65.8 Å². The number of ether oxygens (including phenoxy) is 2. The largest absolute Gasteiger partial charge is 0.458 e. The van der Waals surface area contributed by atoms with Crippen molar-refractivity contribution in [3.63, 3.8) is 0 Å². The average Bonchev–Trinajstić information content (AvgIpc) is 2.31. The molecule has 11 heavy (non-hydrogen) atoms. The molecule has 0 amide bonds. The lowest BCUT2D eigenvalue weighted by Crippen LogP contribution is -1.83. The summed E-state index contributed by atoms with van der Waals surface area (Å²) < 4.78 is 10.5. The lowest BCUT2D eigenvalue weighted by molar-refractivity contribution is 0.0731. The Morgan fingerprint density at radius 1 is 1.36 bits per heavy atom. The summed E-state index contributed by atoms with van der Waals surface area (Å²) in [6, 6.07) is 0. The van der Waals surface area contributed by atoms with Crippen molar-refractivity contribution in [1.82, 2.24) is 0 Å². The highest BCUT2D eigenvalue weighted by atomic mass is 16.7. The van der Waals surface area contributed by atoms with Crippen LogP contribution in [0.1, 0.15) is 13.3 Å². The van der Waals surface area contributed by atoms with Gasteiger partial charge in [-0.3, -0.25) is 0 Å². The van der Waals surface area contributed by atoms with Gasteiger partial charge in [0.15, 0.2) is 5.76 Å². The van der Waals surface area contributed by atoms with Crippen LogP contribution in [0.25, 0.3) is 0 Å². The smallest absolute Gasteiger partial charge is 0.230 e. The first-order valence-electron chi connectivity index (χ1n) is 3.70. The van der Waals surface area contributed by atoms with Crippen LogP contribution >= 0.6 is 0 Å². The highest BCUT2D eigenvalue weighted by Gasteiger charge is 2.15. The van der Waals surface area contributed by atoms with Crippen LogP contribution < -0.4 is 0 Å². The van der Waals surface area contributed by atoms with E-state index in [1.54, 1.807) is 0 Å². The van der Waals surface area contributed by atoms with Crippen molar-refractivity contribution < 1.29 is 9.47 Å². The summed E-state index contributed by atoms with van der Waals surface area (Å²) in [7, 11) is 0. The molecule has 0 saturated heterocycles. The molecule has 0 fully saturated rings. The quantitative estimate of drug-likeness (QED) is 0.526. The maximum Gasteiger partial charge on any atom is 0.230 e. The van der Waals surface area contributed by atoms with Gasteiger partial charge in [-0.1, -0.05) is 12.2 Å². The van der Waals surface area contributed by atoms with Gasteiger partial charge < -0.3 is 9.47 Å². The molecule has 0 saturated carbocycles. The standard InChI is InChI=1S/C9H10O2/c1-7-3-2-4-8-9(5-7)11-6-10-8/h2-3,5H,4,6H2,1H3. The topological polar surface area (TPSA) is 18.5 Å². The molecule has 0 aromatic carbocycles. The van der Waals surface area contributed by atoms with Gasteiger partial charge in [0, 0.05) is 6.42 Å². The van der Waals surface area contributed by atoms with Gasteiger partial charge >= 0.3 is 0 Å². The van der Waals surface area contributed by atoms with E-state index in [9.17, 15) is 0 Å². The minimum Gasteiger partial charge on any atom is -0.458 e. The summed E-state index contributed by atoms with van der Waals surface area (Å²) in [5, 5.41) is 0. The van der Waals surface area contributed by atoms with Crippen LogP contribution in [0.4, 0.5) is 0 Å². The fourth-order valence-electron chi connectivity index (χ4n) is 1.20. The predicted octanol–water partition coefficient (Wildman–Crippen LogP) is 2.11. The van der Waals surface area contributed by atoms with Crippen molar-refractivity contribution in [1.29, 1.82) is 0 Å². The zero-order chi connectivity index (χ0) is 7.68. The molecule has 0 bridgehead atoms. The van der Waals surface area contributed by atoms with Crippen molar-refractivity contribution in [2.45, 2.75) is 13.3 Å². The second-order valence-electron chi connectivity index (χ2n) is 2.69. The molecule has 2 rings (SSSR count). The van der Waals surface area contributed by atoms with E-state index in [-0.39, 0.29) is 0 Å². The zero-order valence-electron chi connectivity index (χ0n) is 6.46. The lowest BCUT2D eigenvalue weighted by atomic mass is 10.3. The third-order valence-corrected chi connectivity index (χ3v) is 1.77. The molecule has 0 N–H and O–H groups in total. The second kappa shape index (κ2) is 2.46. The van der Waals surface area contributed by atoms with Gasteiger partial charge in [-0.15, -0.1) is 0 Å². The first kappa shape index (κ1) is 6.53. The molecule has 0 spiro atoms. The van der Waals surface area contributed by atoms with E-state index in [4.69, 9.17) is 9.47 Å². The Bertz CT molecular complexity index is 259. The normalized spacial score (nSPS) is 21.7. The molecule has 0 unspecified atom stereocenters. The maximum atomic E-state index is 5.25. The number of rotatable bonds is 0. The van der Waals surface area contributed by atoms with Crippen molar-refractivity contribution in [2.24, 2.45) is 0 Å². The summed E-state index contributed by atoms with van der Waals surface area (Å²) in [6.07, 6.45) is 7.02. The molecule has 58 valence electrons. The molecule has 0 atom stereocenters. The Hall–Kier alpha value is -1.18. The summed E-state index contributed by atoms with van der Waals surface area (Å²) in [4.78, 5) is 0. The van der Waals surface area contributed by atoms with E-state index < -0.39 is 0 Å². The fourth-order valence-corrected chi connectivity index (χ4v) is 1.20. The molecular formula is C9H10O2. The van der Waals surface area contributed by atoms with Gasteiger partial charge in [0.25, 0.3) is 0 Å². The minimum absolute atomic E-state index is 0.377. The first-order valence-corrected chi connectivity index (χ1v) is 3.70. The van der Waals surface area contributed by atoms with Crippen LogP contribution in [0.5, 0.6) is 0 Å². The molecule has 2 aliphatic rings. The van der Waals surface area contributed by atoms with E-state index in [2.05, 4.69) is 12.2 Å². The second-order valence-corrected chi connectivity index (χ2v) is 2.69.